The van der Waals surface area contributed by atoms with Crippen LogP contribution in [0, 0.1) is 13.8 Å². The van der Waals surface area contributed by atoms with Crippen LogP contribution in [0.1, 0.15) is 17.0 Å². The van der Waals surface area contributed by atoms with Crippen LogP contribution >= 0.6 is 0 Å². The number of para-hydroxylation sites is 1. The van der Waals surface area contributed by atoms with Crippen LogP contribution in [-0.4, -0.2) is 19.5 Å². The van der Waals surface area contributed by atoms with E-state index >= 15 is 0 Å². The Kier molecular flexibility index (Phi) is 2.67. The highest BCUT2D eigenvalue weighted by Gasteiger charge is 2.10. The second-order valence-electron chi connectivity index (χ2n) is 4.65. The molecule has 0 unspecified atom stereocenters. The van der Waals surface area contributed by atoms with Gasteiger partial charge in [0.05, 0.1) is 35.2 Å². The van der Waals surface area contributed by atoms with Gasteiger partial charge in [-0.15, -0.1) is 0 Å². The quantitative estimate of drug-likeness (QED) is 0.759. The molecular formula is C14H15N5. The SMILES string of the molecule is Cc1cnc(Cn2c(N)nc3c(C)cccc32)cn1. The molecule has 5 heteroatoms. The van der Waals surface area contributed by atoms with Crippen molar-refractivity contribution in [3.05, 3.63) is 47.5 Å². The van der Waals surface area contributed by atoms with Gasteiger partial charge in [0, 0.05) is 6.20 Å². The first kappa shape index (κ1) is 11.6. The van der Waals surface area contributed by atoms with Crippen molar-refractivity contribution >= 4 is 17.0 Å². The molecular weight excluding hydrogens is 238 g/mol. The molecule has 0 aliphatic rings. The van der Waals surface area contributed by atoms with E-state index in [4.69, 9.17) is 5.73 Å². The summed E-state index contributed by atoms with van der Waals surface area (Å²) in [4.78, 5) is 13.0. The van der Waals surface area contributed by atoms with E-state index < -0.39 is 0 Å². The number of nitrogens with zero attached hydrogens (tertiary/aromatic N) is 4. The Labute approximate surface area is 111 Å². The van der Waals surface area contributed by atoms with Gasteiger partial charge >= 0.3 is 0 Å². The van der Waals surface area contributed by atoms with Gasteiger partial charge in [-0.2, -0.15) is 0 Å². The average Bonchev–Trinajstić information content (AvgIpc) is 2.71. The molecule has 2 heterocycles. The summed E-state index contributed by atoms with van der Waals surface area (Å²) in [5.74, 6) is 0.506. The first-order chi connectivity index (χ1) is 9.15. The Hall–Kier alpha value is -2.43. The molecule has 0 saturated heterocycles. The van der Waals surface area contributed by atoms with E-state index in [9.17, 15) is 0 Å². The fraction of sp³-hybridized carbons (Fsp3) is 0.214. The second-order valence-corrected chi connectivity index (χ2v) is 4.65. The Morgan fingerprint density at radius 3 is 2.74 bits per heavy atom. The maximum Gasteiger partial charge on any atom is 0.201 e. The van der Waals surface area contributed by atoms with E-state index in [-0.39, 0.29) is 0 Å². The summed E-state index contributed by atoms with van der Waals surface area (Å²) in [6, 6.07) is 6.06. The number of hydrogen-bond acceptors (Lipinski definition) is 4. The Morgan fingerprint density at radius 2 is 2.00 bits per heavy atom. The number of benzene rings is 1. The zero-order valence-electron chi connectivity index (χ0n) is 11.0. The van der Waals surface area contributed by atoms with Crippen molar-refractivity contribution in [1.82, 2.24) is 19.5 Å². The molecule has 0 fully saturated rings. The highest BCUT2D eigenvalue weighted by Crippen LogP contribution is 2.21. The highest BCUT2D eigenvalue weighted by molar-refractivity contribution is 5.81. The van der Waals surface area contributed by atoms with Gasteiger partial charge in [0.25, 0.3) is 0 Å². The van der Waals surface area contributed by atoms with Gasteiger partial charge in [-0.3, -0.25) is 9.97 Å². The van der Waals surface area contributed by atoms with Crippen LogP contribution in [0.25, 0.3) is 11.0 Å². The number of aromatic nitrogens is 4. The monoisotopic (exact) mass is 253 g/mol. The lowest BCUT2D eigenvalue weighted by atomic mass is 10.2. The number of imidazole rings is 1. The molecule has 1 aromatic carbocycles. The molecule has 0 radical (unpaired) electrons. The summed E-state index contributed by atoms with van der Waals surface area (Å²) in [6.45, 7) is 4.53. The summed E-state index contributed by atoms with van der Waals surface area (Å²) in [7, 11) is 0. The van der Waals surface area contributed by atoms with Crippen LogP contribution < -0.4 is 5.73 Å². The maximum atomic E-state index is 6.00. The number of aryl methyl sites for hydroxylation is 2. The number of fused-ring (bicyclic) bond motifs is 1. The number of nitrogen functional groups attached to an aromatic ring is 1. The van der Waals surface area contributed by atoms with E-state index in [1.165, 1.54) is 0 Å². The van der Waals surface area contributed by atoms with Gasteiger partial charge in [0.15, 0.2) is 0 Å². The predicted molar refractivity (Wildman–Crippen MR) is 74.8 cm³/mol. The van der Waals surface area contributed by atoms with Crippen molar-refractivity contribution in [2.45, 2.75) is 20.4 Å². The zero-order valence-corrected chi connectivity index (χ0v) is 11.0. The molecule has 19 heavy (non-hydrogen) atoms. The molecule has 5 nitrogen and oxygen atoms in total. The Balaban J connectivity index is 2.07. The molecule has 0 saturated carbocycles. The largest absolute Gasteiger partial charge is 0.369 e. The van der Waals surface area contributed by atoms with Crippen molar-refractivity contribution in [3.8, 4) is 0 Å². The van der Waals surface area contributed by atoms with Crippen molar-refractivity contribution in [1.29, 1.82) is 0 Å². The van der Waals surface area contributed by atoms with E-state index in [1.807, 2.05) is 36.6 Å². The molecule has 3 aromatic rings. The minimum atomic E-state index is 0.506. The molecule has 0 amide bonds. The smallest absolute Gasteiger partial charge is 0.201 e. The van der Waals surface area contributed by atoms with Gasteiger partial charge in [0.1, 0.15) is 0 Å². The van der Waals surface area contributed by atoms with Gasteiger partial charge in [-0.1, -0.05) is 12.1 Å². The molecule has 0 atom stereocenters. The summed E-state index contributed by atoms with van der Waals surface area (Å²) in [5.41, 5.74) is 10.9. The molecule has 96 valence electrons. The van der Waals surface area contributed by atoms with E-state index in [2.05, 4.69) is 15.0 Å². The summed E-state index contributed by atoms with van der Waals surface area (Å²) in [5, 5.41) is 0. The Morgan fingerprint density at radius 1 is 1.16 bits per heavy atom. The van der Waals surface area contributed by atoms with Crippen LogP contribution in [0.5, 0.6) is 0 Å². The van der Waals surface area contributed by atoms with Crippen molar-refractivity contribution in [3.63, 3.8) is 0 Å². The van der Waals surface area contributed by atoms with E-state index in [1.54, 1.807) is 12.4 Å². The van der Waals surface area contributed by atoms with Crippen molar-refractivity contribution in [2.24, 2.45) is 0 Å². The molecule has 0 aliphatic heterocycles. The van der Waals surface area contributed by atoms with Gasteiger partial charge in [0.2, 0.25) is 5.95 Å². The summed E-state index contributed by atoms with van der Waals surface area (Å²) in [6.07, 6.45) is 3.53. The standard InChI is InChI=1S/C14H15N5/c1-9-4-3-5-12-13(9)18-14(15)19(12)8-11-7-16-10(2)6-17-11/h3-7H,8H2,1-2H3,(H2,15,18). The van der Waals surface area contributed by atoms with E-state index in [0.29, 0.717) is 12.5 Å². The van der Waals surface area contributed by atoms with Gasteiger partial charge in [-0.25, -0.2) is 4.98 Å². The van der Waals surface area contributed by atoms with E-state index in [0.717, 1.165) is 28.0 Å². The predicted octanol–water partition coefficient (Wildman–Crippen LogP) is 2.07. The first-order valence-corrected chi connectivity index (χ1v) is 6.14. The molecule has 0 bridgehead atoms. The summed E-state index contributed by atoms with van der Waals surface area (Å²) >= 11 is 0. The number of anilines is 1. The number of nitrogens with two attached hydrogens (primary N) is 1. The number of rotatable bonds is 2. The van der Waals surface area contributed by atoms with Crippen LogP contribution in [0.15, 0.2) is 30.6 Å². The first-order valence-electron chi connectivity index (χ1n) is 6.14. The lowest BCUT2D eigenvalue weighted by Crippen LogP contribution is -2.06. The third kappa shape index (κ3) is 2.03. The van der Waals surface area contributed by atoms with Gasteiger partial charge < -0.3 is 10.3 Å². The third-order valence-corrected chi connectivity index (χ3v) is 3.16. The molecule has 2 N–H and O–H groups in total. The topological polar surface area (TPSA) is 69.6 Å². The van der Waals surface area contributed by atoms with Crippen molar-refractivity contribution in [2.75, 3.05) is 5.73 Å². The lowest BCUT2D eigenvalue weighted by molar-refractivity contribution is 0.798. The fourth-order valence-electron chi connectivity index (χ4n) is 2.13. The molecule has 3 rings (SSSR count). The van der Waals surface area contributed by atoms with Crippen molar-refractivity contribution < 1.29 is 0 Å². The minimum Gasteiger partial charge on any atom is -0.369 e. The highest BCUT2D eigenvalue weighted by atomic mass is 15.2. The lowest BCUT2D eigenvalue weighted by Gasteiger charge is -2.06. The summed E-state index contributed by atoms with van der Waals surface area (Å²) < 4.78 is 1.96. The molecule has 2 aromatic heterocycles. The molecule has 0 spiro atoms. The molecule has 0 aliphatic carbocycles. The van der Waals surface area contributed by atoms with Crippen LogP contribution in [0.3, 0.4) is 0 Å². The zero-order chi connectivity index (χ0) is 13.4. The number of hydrogen-bond donors (Lipinski definition) is 1. The average molecular weight is 253 g/mol. The van der Waals surface area contributed by atoms with Gasteiger partial charge in [-0.05, 0) is 25.5 Å². The van der Waals surface area contributed by atoms with Crippen LogP contribution in [-0.2, 0) is 6.54 Å². The second kappa shape index (κ2) is 4.35. The van der Waals surface area contributed by atoms with Crippen LogP contribution in [0.4, 0.5) is 5.95 Å². The maximum absolute atomic E-state index is 6.00. The van der Waals surface area contributed by atoms with Crippen LogP contribution in [0.2, 0.25) is 0 Å². The fourth-order valence-corrected chi connectivity index (χ4v) is 2.13. The normalized spacial score (nSPS) is 11.1. The third-order valence-electron chi connectivity index (χ3n) is 3.16. The minimum absolute atomic E-state index is 0.506. The Bertz CT molecular complexity index is 727.